The van der Waals surface area contributed by atoms with E-state index in [1.54, 1.807) is 0 Å². The van der Waals surface area contributed by atoms with Gasteiger partial charge in [-0.05, 0) is 57.8 Å². The van der Waals surface area contributed by atoms with Gasteiger partial charge in [-0.1, -0.05) is 87.4 Å². The molecule has 0 aliphatic rings. The van der Waals surface area contributed by atoms with Crippen molar-refractivity contribution in [1.82, 2.24) is 5.32 Å². The fraction of sp³-hybridized carbons (Fsp3) is 0.625. The number of amides is 1. The summed E-state index contributed by atoms with van der Waals surface area (Å²) >= 11 is 0. The van der Waals surface area contributed by atoms with Gasteiger partial charge in [-0.15, -0.1) is 0 Å². The lowest BCUT2D eigenvalue weighted by Crippen LogP contribution is -2.27. The van der Waals surface area contributed by atoms with Crippen molar-refractivity contribution >= 4 is 19.7 Å². The van der Waals surface area contributed by atoms with Crippen molar-refractivity contribution < 1.29 is 37.9 Å². The minimum Gasteiger partial charge on any atom is -0.463 e. The minimum absolute atomic E-state index is 0.0599. The van der Waals surface area contributed by atoms with E-state index in [0.29, 0.717) is 12.8 Å². The number of aliphatic hydroxyl groups is 1. The maximum Gasteiger partial charge on any atom is 0.472 e. The summed E-state index contributed by atoms with van der Waals surface area (Å²) in [4.78, 5) is 33.0. The van der Waals surface area contributed by atoms with E-state index in [2.05, 4.69) is 73.0 Å². The Labute approximate surface area is 253 Å². The van der Waals surface area contributed by atoms with E-state index in [-0.39, 0.29) is 32.1 Å². The van der Waals surface area contributed by atoms with Gasteiger partial charge in [-0.2, -0.15) is 0 Å². The molecular weight excluding hydrogens is 557 g/mol. The SMILES string of the molecule is CC/C=C\C/C=C\C/C=C\C/C=C\C/C=C\CCCCCC(=O)NCCOP(=O)(O)OCC(O)COC(=O)CCCC. The van der Waals surface area contributed by atoms with Crippen LogP contribution in [0, 0.1) is 0 Å². The molecule has 3 N–H and O–H groups in total. The Bertz CT molecular complexity index is 882. The van der Waals surface area contributed by atoms with Gasteiger partial charge in [-0.25, -0.2) is 4.57 Å². The lowest BCUT2D eigenvalue weighted by molar-refractivity contribution is -0.147. The van der Waals surface area contributed by atoms with Crippen molar-refractivity contribution in [3.8, 4) is 0 Å². The van der Waals surface area contributed by atoms with Crippen molar-refractivity contribution in [3.05, 3.63) is 60.8 Å². The van der Waals surface area contributed by atoms with E-state index in [1.165, 1.54) is 0 Å². The normalized spacial score (nSPS) is 14.5. The average Bonchev–Trinajstić information content (AvgIpc) is 2.97. The summed E-state index contributed by atoms with van der Waals surface area (Å²) in [6, 6.07) is 0. The molecule has 0 heterocycles. The highest BCUT2D eigenvalue weighted by Gasteiger charge is 2.23. The van der Waals surface area contributed by atoms with Crippen LogP contribution in [0.3, 0.4) is 0 Å². The van der Waals surface area contributed by atoms with E-state index in [9.17, 15) is 24.2 Å². The van der Waals surface area contributed by atoms with Crippen LogP contribution in [-0.4, -0.2) is 54.3 Å². The second-order valence-electron chi connectivity index (χ2n) is 9.70. The number of esters is 1. The Morgan fingerprint density at radius 1 is 0.762 bits per heavy atom. The molecule has 2 unspecified atom stereocenters. The van der Waals surface area contributed by atoms with Crippen LogP contribution in [0.15, 0.2) is 60.8 Å². The Kier molecular flexibility index (Phi) is 27.2. The monoisotopic (exact) mass is 611 g/mol. The summed E-state index contributed by atoms with van der Waals surface area (Å²) in [7, 11) is -4.40. The molecule has 0 radical (unpaired) electrons. The Morgan fingerprint density at radius 2 is 1.36 bits per heavy atom. The first-order valence-electron chi connectivity index (χ1n) is 15.3. The zero-order valence-corrected chi connectivity index (χ0v) is 26.6. The number of phosphoric ester groups is 1. The molecule has 240 valence electrons. The number of ether oxygens (including phenoxy) is 1. The molecule has 0 aromatic carbocycles. The smallest absolute Gasteiger partial charge is 0.463 e. The van der Waals surface area contributed by atoms with Crippen LogP contribution in [0.5, 0.6) is 0 Å². The molecule has 0 aromatic heterocycles. The summed E-state index contributed by atoms with van der Waals surface area (Å²) in [6.45, 7) is 3.06. The van der Waals surface area contributed by atoms with Crippen molar-refractivity contribution in [2.75, 3.05) is 26.4 Å². The number of rotatable bonds is 27. The lowest BCUT2D eigenvalue weighted by Gasteiger charge is -2.15. The topological polar surface area (TPSA) is 131 Å². The third kappa shape index (κ3) is 29.2. The van der Waals surface area contributed by atoms with Gasteiger partial charge in [-0.3, -0.25) is 18.6 Å². The van der Waals surface area contributed by atoms with Gasteiger partial charge in [0.1, 0.15) is 12.7 Å². The Morgan fingerprint density at radius 3 is 1.95 bits per heavy atom. The fourth-order valence-corrected chi connectivity index (χ4v) is 4.14. The van der Waals surface area contributed by atoms with Crippen LogP contribution >= 0.6 is 7.82 Å². The maximum atomic E-state index is 11.9. The molecular formula is C32H54NO8P. The summed E-state index contributed by atoms with van der Waals surface area (Å²) in [5.41, 5.74) is 0. The molecule has 9 nitrogen and oxygen atoms in total. The molecule has 0 fully saturated rings. The third-order valence-electron chi connectivity index (χ3n) is 5.71. The number of phosphoric acid groups is 1. The van der Waals surface area contributed by atoms with Crippen LogP contribution in [0.4, 0.5) is 0 Å². The van der Waals surface area contributed by atoms with Crippen LogP contribution in [0.2, 0.25) is 0 Å². The molecule has 0 aliphatic carbocycles. The lowest BCUT2D eigenvalue weighted by atomic mass is 10.1. The quantitative estimate of drug-likeness (QED) is 0.0390. The van der Waals surface area contributed by atoms with Crippen molar-refractivity contribution in [2.24, 2.45) is 0 Å². The molecule has 10 heteroatoms. The zero-order chi connectivity index (χ0) is 31.2. The number of unbranched alkanes of at least 4 members (excludes halogenated alkanes) is 4. The van der Waals surface area contributed by atoms with E-state index in [0.717, 1.165) is 64.2 Å². The number of aliphatic hydroxyl groups excluding tert-OH is 1. The number of nitrogens with one attached hydrogen (secondary N) is 1. The van der Waals surface area contributed by atoms with Crippen LogP contribution in [0.25, 0.3) is 0 Å². The molecule has 0 rings (SSSR count). The van der Waals surface area contributed by atoms with Crippen molar-refractivity contribution in [2.45, 2.75) is 103 Å². The van der Waals surface area contributed by atoms with E-state index in [1.807, 2.05) is 6.92 Å². The van der Waals surface area contributed by atoms with Gasteiger partial charge in [0, 0.05) is 19.4 Å². The maximum absolute atomic E-state index is 11.9. The second kappa shape index (κ2) is 28.8. The number of hydrogen-bond donors (Lipinski definition) is 3. The first-order chi connectivity index (χ1) is 20.3. The molecule has 0 aromatic rings. The number of hydrogen-bond acceptors (Lipinski definition) is 7. The van der Waals surface area contributed by atoms with E-state index >= 15 is 0 Å². The third-order valence-corrected chi connectivity index (χ3v) is 6.70. The van der Waals surface area contributed by atoms with Gasteiger partial charge < -0.3 is 20.1 Å². The number of carbonyl (C=O) groups excluding carboxylic acids is 2. The molecule has 2 atom stereocenters. The summed E-state index contributed by atoms with van der Waals surface area (Å²) in [6.07, 6.45) is 31.3. The summed E-state index contributed by atoms with van der Waals surface area (Å²) in [5, 5.41) is 12.4. The molecule has 0 saturated carbocycles. The van der Waals surface area contributed by atoms with Gasteiger partial charge in [0.05, 0.1) is 13.2 Å². The molecule has 1 amide bonds. The van der Waals surface area contributed by atoms with Crippen LogP contribution in [-0.2, 0) is 27.9 Å². The predicted octanol–water partition coefficient (Wildman–Crippen LogP) is 7.03. The Balaban J connectivity index is 3.70. The second-order valence-corrected chi connectivity index (χ2v) is 11.1. The standard InChI is InChI=1S/C32H54NO8P/c1-3-5-7-8-9-10-11-12-13-14-15-16-17-18-19-20-21-22-23-24-31(35)33-26-27-40-42(37,38)41-29-30(34)28-39-32(36)25-6-4-2/h5,7,9-10,12-13,15-16,18-19,30,34H,3-4,6,8,11,14,17,20-29H2,1-2H3,(H,33,35)(H,37,38)/b7-5-,10-9-,13-12-,16-15-,19-18-. The molecule has 42 heavy (non-hydrogen) atoms. The first-order valence-corrected chi connectivity index (χ1v) is 16.8. The van der Waals surface area contributed by atoms with Gasteiger partial charge in [0.15, 0.2) is 0 Å². The highest BCUT2D eigenvalue weighted by molar-refractivity contribution is 7.47. The largest absolute Gasteiger partial charge is 0.472 e. The van der Waals surface area contributed by atoms with Gasteiger partial charge in [0.2, 0.25) is 5.91 Å². The first kappa shape index (κ1) is 39.7. The van der Waals surface area contributed by atoms with Gasteiger partial charge in [0.25, 0.3) is 0 Å². The van der Waals surface area contributed by atoms with Crippen LogP contribution in [0.1, 0.15) is 97.3 Å². The Hall–Kier alpha value is -2.29. The summed E-state index contributed by atoms with van der Waals surface area (Å²) < 4.78 is 26.2. The number of allylic oxidation sites excluding steroid dienone is 10. The highest BCUT2D eigenvalue weighted by atomic mass is 31.2. The fourth-order valence-electron chi connectivity index (χ4n) is 3.38. The van der Waals surface area contributed by atoms with E-state index < -0.39 is 26.5 Å². The molecule has 0 bridgehead atoms. The highest BCUT2D eigenvalue weighted by Crippen LogP contribution is 2.42. The molecule has 0 spiro atoms. The van der Waals surface area contributed by atoms with Crippen molar-refractivity contribution in [1.29, 1.82) is 0 Å². The minimum atomic E-state index is -4.40. The number of carbonyl (C=O) groups is 2. The van der Waals surface area contributed by atoms with E-state index in [4.69, 9.17) is 13.8 Å². The average molecular weight is 612 g/mol. The molecule has 0 aliphatic heterocycles. The molecule has 0 saturated heterocycles. The van der Waals surface area contributed by atoms with Gasteiger partial charge >= 0.3 is 13.8 Å². The predicted molar refractivity (Wildman–Crippen MR) is 169 cm³/mol. The summed E-state index contributed by atoms with van der Waals surface area (Å²) in [5.74, 6) is -0.595. The van der Waals surface area contributed by atoms with Crippen molar-refractivity contribution in [3.63, 3.8) is 0 Å². The van der Waals surface area contributed by atoms with Crippen LogP contribution < -0.4 is 5.32 Å². The zero-order valence-electron chi connectivity index (χ0n) is 25.7.